The zero-order chi connectivity index (χ0) is 11.3. The maximum Gasteiger partial charge on any atom is 0.141 e. The van der Waals surface area contributed by atoms with Gasteiger partial charge in [-0.25, -0.2) is 4.39 Å². The van der Waals surface area contributed by atoms with Gasteiger partial charge in [0, 0.05) is 6.07 Å². The standard InChI is InChI=1S/C12H16BrFO/c1-3-4-9(2)8-15-10-5-6-11(13)12(14)7-10/h5-7,9H,3-4,8H2,1-2H3. The van der Waals surface area contributed by atoms with E-state index in [1.807, 2.05) is 0 Å². The molecule has 1 atom stereocenters. The van der Waals surface area contributed by atoms with Gasteiger partial charge in [0.25, 0.3) is 0 Å². The minimum Gasteiger partial charge on any atom is -0.493 e. The number of rotatable bonds is 5. The van der Waals surface area contributed by atoms with E-state index < -0.39 is 0 Å². The molecule has 3 heteroatoms. The number of benzene rings is 1. The van der Waals surface area contributed by atoms with Crippen LogP contribution in [0.3, 0.4) is 0 Å². The third-order valence-corrected chi connectivity index (χ3v) is 2.85. The van der Waals surface area contributed by atoms with Crippen LogP contribution >= 0.6 is 15.9 Å². The first-order valence-corrected chi connectivity index (χ1v) is 6.00. The van der Waals surface area contributed by atoms with Crippen LogP contribution < -0.4 is 4.74 Å². The fourth-order valence-electron chi connectivity index (χ4n) is 1.38. The van der Waals surface area contributed by atoms with E-state index in [0.29, 0.717) is 22.7 Å². The van der Waals surface area contributed by atoms with Crippen LogP contribution in [0.1, 0.15) is 26.7 Å². The summed E-state index contributed by atoms with van der Waals surface area (Å²) in [7, 11) is 0. The van der Waals surface area contributed by atoms with Crippen molar-refractivity contribution in [1.29, 1.82) is 0 Å². The van der Waals surface area contributed by atoms with Gasteiger partial charge in [0.05, 0.1) is 11.1 Å². The number of halogens is 2. The molecule has 1 aromatic rings. The Morgan fingerprint density at radius 3 is 2.80 bits per heavy atom. The highest BCUT2D eigenvalue weighted by atomic mass is 79.9. The molecule has 0 fully saturated rings. The molecular formula is C12H16BrFO. The molecule has 1 rings (SSSR count). The number of hydrogen-bond donors (Lipinski definition) is 0. The van der Waals surface area contributed by atoms with Crippen LogP contribution in [0.4, 0.5) is 4.39 Å². The van der Waals surface area contributed by atoms with Gasteiger partial charge in [-0.2, -0.15) is 0 Å². The van der Waals surface area contributed by atoms with Crippen molar-refractivity contribution in [2.24, 2.45) is 5.92 Å². The summed E-state index contributed by atoms with van der Waals surface area (Å²) < 4.78 is 19.1. The van der Waals surface area contributed by atoms with Gasteiger partial charge in [0.15, 0.2) is 0 Å². The number of hydrogen-bond acceptors (Lipinski definition) is 1. The Morgan fingerprint density at radius 1 is 1.47 bits per heavy atom. The summed E-state index contributed by atoms with van der Waals surface area (Å²) in [6, 6.07) is 4.84. The van der Waals surface area contributed by atoms with Crippen LogP contribution in [0.2, 0.25) is 0 Å². The molecule has 0 bridgehead atoms. The van der Waals surface area contributed by atoms with Crippen molar-refractivity contribution in [2.75, 3.05) is 6.61 Å². The third kappa shape index (κ3) is 4.20. The highest BCUT2D eigenvalue weighted by molar-refractivity contribution is 9.10. The van der Waals surface area contributed by atoms with Gasteiger partial charge >= 0.3 is 0 Å². The fourth-order valence-corrected chi connectivity index (χ4v) is 1.63. The Bertz CT molecular complexity index is 314. The van der Waals surface area contributed by atoms with Gasteiger partial charge in [-0.05, 0) is 40.4 Å². The van der Waals surface area contributed by atoms with Crippen molar-refractivity contribution >= 4 is 15.9 Å². The Kier molecular flexibility index (Phi) is 5.09. The van der Waals surface area contributed by atoms with Crippen LogP contribution in [0.15, 0.2) is 22.7 Å². The maximum absolute atomic E-state index is 13.1. The van der Waals surface area contributed by atoms with Crippen molar-refractivity contribution < 1.29 is 9.13 Å². The first-order valence-electron chi connectivity index (χ1n) is 5.21. The van der Waals surface area contributed by atoms with E-state index >= 15 is 0 Å². The Morgan fingerprint density at radius 2 is 2.20 bits per heavy atom. The van der Waals surface area contributed by atoms with Gasteiger partial charge < -0.3 is 4.74 Å². The van der Waals surface area contributed by atoms with Crippen LogP contribution in [0.5, 0.6) is 5.75 Å². The van der Waals surface area contributed by atoms with Gasteiger partial charge in [-0.3, -0.25) is 0 Å². The Balaban J connectivity index is 2.47. The van der Waals surface area contributed by atoms with Crippen LogP contribution in [0, 0.1) is 11.7 Å². The summed E-state index contributed by atoms with van der Waals surface area (Å²) in [6.45, 7) is 4.93. The van der Waals surface area contributed by atoms with E-state index in [1.54, 1.807) is 12.1 Å². The lowest BCUT2D eigenvalue weighted by Crippen LogP contribution is -2.08. The molecule has 0 aliphatic rings. The van der Waals surface area contributed by atoms with Crippen molar-refractivity contribution in [1.82, 2.24) is 0 Å². The normalized spacial score (nSPS) is 12.5. The largest absolute Gasteiger partial charge is 0.493 e. The molecule has 84 valence electrons. The third-order valence-electron chi connectivity index (χ3n) is 2.21. The van der Waals surface area contributed by atoms with Crippen molar-refractivity contribution in [3.05, 3.63) is 28.5 Å². The minimum absolute atomic E-state index is 0.282. The quantitative estimate of drug-likeness (QED) is 0.773. The molecule has 1 nitrogen and oxygen atoms in total. The Labute approximate surface area is 98.8 Å². The second-order valence-electron chi connectivity index (χ2n) is 3.78. The zero-order valence-electron chi connectivity index (χ0n) is 9.09. The van der Waals surface area contributed by atoms with E-state index in [9.17, 15) is 4.39 Å². The van der Waals surface area contributed by atoms with Crippen molar-refractivity contribution in [3.8, 4) is 5.75 Å². The molecule has 1 unspecified atom stereocenters. The van der Waals surface area contributed by atoms with E-state index in [-0.39, 0.29) is 5.82 Å². The van der Waals surface area contributed by atoms with Gasteiger partial charge in [-0.15, -0.1) is 0 Å². The van der Waals surface area contributed by atoms with Crippen molar-refractivity contribution in [2.45, 2.75) is 26.7 Å². The van der Waals surface area contributed by atoms with Crippen LogP contribution in [0.25, 0.3) is 0 Å². The summed E-state index contributed by atoms with van der Waals surface area (Å²) in [6.07, 6.45) is 2.29. The summed E-state index contributed by atoms with van der Waals surface area (Å²) in [4.78, 5) is 0. The lowest BCUT2D eigenvalue weighted by molar-refractivity contribution is 0.250. The lowest BCUT2D eigenvalue weighted by atomic mass is 10.1. The molecule has 0 heterocycles. The van der Waals surface area contributed by atoms with Crippen LogP contribution in [-0.2, 0) is 0 Å². The molecular weight excluding hydrogens is 259 g/mol. The second-order valence-corrected chi connectivity index (χ2v) is 4.64. The molecule has 0 aromatic heterocycles. The summed E-state index contributed by atoms with van der Waals surface area (Å²) in [5.41, 5.74) is 0. The monoisotopic (exact) mass is 274 g/mol. The van der Waals surface area contributed by atoms with Crippen LogP contribution in [-0.4, -0.2) is 6.61 Å². The maximum atomic E-state index is 13.1. The van der Waals surface area contributed by atoms with Crippen molar-refractivity contribution in [3.63, 3.8) is 0 Å². The van der Waals surface area contributed by atoms with Gasteiger partial charge in [0.2, 0.25) is 0 Å². The average Bonchev–Trinajstić information content (AvgIpc) is 2.20. The molecule has 0 radical (unpaired) electrons. The smallest absolute Gasteiger partial charge is 0.141 e. The molecule has 15 heavy (non-hydrogen) atoms. The second kappa shape index (κ2) is 6.11. The average molecular weight is 275 g/mol. The van der Waals surface area contributed by atoms with Gasteiger partial charge in [0.1, 0.15) is 11.6 Å². The molecule has 0 aliphatic heterocycles. The van der Waals surface area contributed by atoms with Gasteiger partial charge in [-0.1, -0.05) is 20.3 Å². The predicted octanol–water partition coefficient (Wildman–Crippen LogP) is 4.40. The molecule has 0 saturated carbocycles. The zero-order valence-corrected chi connectivity index (χ0v) is 10.7. The first kappa shape index (κ1) is 12.5. The fraction of sp³-hybridized carbons (Fsp3) is 0.500. The highest BCUT2D eigenvalue weighted by Crippen LogP contribution is 2.21. The molecule has 0 aliphatic carbocycles. The summed E-state index contributed by atoms with van der Waals surface area (Å²) in [5, 5.41) is 0. The van der Waals surface area contributed by atoms with E-state index in [2.05, 4.69) is 29.8 Å². The first-order chi connectivity index (χ1) is 7.13. The topological polar surface area (TPSA) is 9.23 Å². The number of ether oxygens (including phenoxy) is 1. The minimum atomic E-state index is -0.282. The molecule has 0 N–H and O–H groups in total. The SMILES string of the molecule is CCCC(C)COc1ccc(Br)c(F)c1. The molecule has 0 saturated heterocycles. The highest BCUT2D eigenvalue weighted by Gasteiger charge is 2.04. The van der Waals surface area contributed by atoms with E-state index in [0.717, 1.165) is 12.8 Å². The Hall–Kier alpha value is -0.570. The predicted molar refractivity (Wildman–Crippen MR) is 63.7 cm³/mol. The summed E-state index contributed by atoms with van der Waals surface area (Å²) >= 11 is 3.10. The van der Waals surface area contributed by atoms with E-state index in [4.69, 9.17) is 4.74 Å². The van der Waals surface area contributed by atoms with E-state index in [1.165, 1.54) is 6.07 Å². The lowest BCUT2D eigenvalue weighted by Gasteiger charge is -2.12. The molecule has 0 amide bonds. The summed E-state index contributed by atoms with van der Waals surface area (Å²) in [5.74, 6) is 0.830. The molecule has 1 aromatic carbocycles. The molecule has 0 spiro atoms.